The first kappa shape index (κ1) is 14.8. The number of hydrogen-bond acceptors (Lipinski definition) is 2. The third-order valence-corrected chi connectivity index (χ3v) is 8.37. The average Bonchev–Trinajstić information content (AvgIpc) is 2.46. The normalized spacial score (nSPS) is 53.5. The van der Waals surface area contributed by atoms with Gasteiger partial charge in [-0.2, -0.15) is 0 Å². The Balaban J connectivity index is 1.72. The van der Waals surface area contributed by atoms with Crippen LogP contribution in [0.2, 0.25) is 0 Å². The molecule has 5 rings (SSSR count). The average molecular weight is 302 g/mol. The second-order valence-corrected chi connectivity index (χ2v) is 9.20. The Hall–Kier alpha value is -0.790. The molecule has 5 aliphatic carbocycles. The molecule has 2 nitrogen and oxygen atoms in total. The number of fused-ring (bicyclic) bond motifs is 3. The van der Waals surface area contributed by atoms with Crippen molar-refractivity contribution in [3.8, 4) is 0 Å². The van der Waals surface area contributed by atoms with E-state index in [9.17, 15) is 4.79 Å². The van der Waals surface area contributed by atoms with E-state index in [1.54, 1.807) is 0 Å². The van der Waals surface area contributed by atoms with Crippen LogP contribution in [0, 0.1) is 28.6 Å². The van der Waals surface area contributed by atoms with Crippen molar-refractivity contribution in [1.29, 1.82) is 0 Å². The lowest BCUT2D eigenvalue weighted by Gasteiger charge is -2.67. The van der Waals surface area contributed by atoms with E-state index < -0.39 is 0 Å². The maximum Gasteiger partial charge on any atom is 0.293 e. The van der Waals surface area contributed by atoms with Crippen molar-refractivity contribution in [2.45, 2.75) is 77.2 Å². The van der Waals surface area contributed by atoms with Gasteiger partial charge in [-0.25, -0.2) is 0 Å². The highest BCUT2D eigenvalue weighted by atomic mass is 16.5. The fourth-order valence-corrected chi connectivity index (χ4v) is 7.42. The molecule has 6 atom stereocenters. The van der Waals surface area contributed by atoms with Crippen LogP contribution >= 0.6 is 0 Å². The van der Waals surface area contributed by atoms with E-state index in [1.807, 2.05) is 0 Å². The minimum Gasteiger partial charge on any atom is -0.461 e. The van der Waals surface area contributed by atoms with Crippen LogP contribution in [0.4, 0.5) is 0 Å². The maximum absolute atomic E-state index is 11.1. The van der Waals surface area contributed by atoms with Gasteiger partial charge in [-0.1, -0.05) is 19.1 Å². The predicted molar refractivity (Wildman–Crippen MR) is 87.3 cm³/mol. The summed E-state index contributed by atoms with van der Waals surface area (Å²) >= 11 is 0. The molecule has 0 aromatic carbocycles. The summed E-state index contributed by atoms with van der Waals surface area (Å²) in [7, 11) is 0. The van der Waals surface area contributed by atoms with Crippen molar-refractivity contribution in [1.82, 2.24) is 0 Å². The first-order valence-electron chi connectivity index (χ1n) is 9.23. The van der Waals surface area contributed by atoms with E-state index in [0.29, 0.717) is 23.2 Å². The standard InChI is InChI=1S/C20H30O2/c1-14-12-20-9-5-15(14)11-17(20)18(2)7-4-8-19(3,22-13-21)16(18)6-10-20/h13,15-17H,1,4-12H2,2-3H3/t15-,16-,17-,18+,19+,20+/m0/s1. The lowest BCUT2D eigenvalue weighted by atomic mass is 9.38. The summed E-state index contributed by atoms with van der Waals surface area (Å²) in [4.78, 5) is 11.1. The molecule has 5 aliphatic rings. The highest BCUT2D eigenvalue weighted by Gasteiger charge is 2.64. The zero-order chi connectivity index (χ0) is 15.6. The Labute approximate surface area is 134 Å². The molecule has 2 bridgehead atoms. The van der Waals surface area contributed by atoms with Gasteiger partial charge in [-0.3, -0.25) is 4.79 Å². The quantitative estimate of drug-likeness (QED) is 0.537. The topological polar surface area (TPSA) is 26.3 Å². The van der Waals surface area contributed by atoms with Crippen LogP contribution in [-0.4, -0.2) is 12.1 Å². The molecule has 0 heterocycles. The van der Waals surface area contributed by atoms with Crippen LogP contribution in [0.1, 0.15) is 71.6 Å². The zero-order valence-electron chi connectivity index (χ0n) is 14.2. The second-order valence-electron chi connectivity index (χ2n) is 9.20. The third kappa shape index (κ3) is 1.76. The Kier molecular flexibility index (Phi) is 3.10. The summed E-state index contributed by atoms with van der Waals surface area (Å²) < 4.78 is 5.69. The van der Waals surface area contributed by atoms with Gasteiger partial charge in [0.1, 0.15) is 5.60 Å². The Morgan fingerprint density at radius 3 is 2.64 bits per heavy atom. The minimum atomic E-state index is -0.232. The van der Waals surface area contributed by atoms with Crippen molar-refractivity contribution < 1.29 is 9.53 Å². The number of hydrogen-bond donors (Lipinski definition) is 0. The molecule has 0 N–H and O–H groups in total. The molecule has 122 valence electrons. The first-order chi connectivity index (χ1) is 10.4. The van der Waals surface area contributed by atoms with Crippen LogP contribution in [0.25, 0.3) is 0 Å². The Bertz CT molecular complexity index is 512. The summed E-state index contributed by atoms with van der Waals surface area (Å²) in [5, 5.41) is 0. The lowest BCUT2D eigenvalue weighted by molar-refractivity contribution is -0.207. The van der Waals surface area contributed by atoms with Gasteiger partial charge >= 0.3 is 0 Å². The monoisotopic (exact) mass is 302 g/mol. The molecule has 0 aromatic heterocycles. The molecule has 0 radical (unpaired) electrons. The molecular weight excluding hydrogens is 272 g/mol. The smallest absolute Gasteiger partial charge is 0.293 e. The summed E-state index contributed by atoms with van der Waals surface area (Å²) in [6.07, 6.45) is 11.5. The summed E-state index contributed by atoms with van der Waals surface area (Å²) in [5.74, 6) is 2.13. The van der Waals surface area contributed by atoms with Gasteiger partial charge in [0.25, 0.3) is 6.47 Å². The number of rotatable bonds is 2. The van der Waals surface area contributed by atoms with E-state index in [-0.39, 0.29) is 5.60 Å². The maximum atomic E-state index is 11.1. The third-order valence-electron chi connectivity index (χ3n) is 8.37. The van der Waals surface area contributed by atoms with Gasteiger partial charge < -0.3 is 4.74 Å². The summed E-state index contributed by atoms with van der Waals surface area (Å²) in [5.41, 5.74) is 2.18. The summed E-state index contributed by atoms with van der Waals surface area (Å²) in [6, 6.07) is 0. The molecule has 22 heavy (non-hydrogen) atoms. The van der Waals surface area contributed by atoms with Crippen molar-refractivity contribution in [3.63, 3.8) is 0 Å². The van der Waals surface area contributed by atoms with E-state index >= 15 is 0 Å². The van der Waals surface area contributed by atoms with Gasteiger partial charge in [-0.15, -0.1) is 0 Å². The lowest BCUT2D eigenvalue weighted by Crippen LogP contribution is -2.62. The van der Waals surface area contributed by atoms with Crippen LogP contribution in [0.3, 0.4) is 0 Å². The van der Waals surface area contributed by atoms with E-state index in [2.05, 4.69) is 20.4 Å². The number of ether oxygens (including phenoxy) is 1. The van der Waals surface area contributed by atoms with Gasteiger partial charge in [0.2, 0.25) is 0 Å². The molecule has 2 heteroatoms. The predicted octanol–water partition coefficient (Wildman–Crippen LogP) is 4.88. The molecular formula is C20H30O2. The Morgan fingerprint density at radius 2 is 1.91 bits per heavy atom. The van der Waals surface area contributed by atoms with Crippen molar-refractivity contribution in [3.05, 3.63) is 12.2 Å². The van der Waals surface area contributed by atoms with Crippen molar-refractivity contribution in [2.75, 3.05) is 0 Å². The molecule has 0 unspecified atom stereocenters. The highest BCUT2D eigenvalue weighted by Crippen LogP contribution is 2.71. The SMILES string of the molecule is C=C1C[C@]23CC[C@H]1C[C@H]2[C@]1(C)CCC[C@@](C)(OC=O)[C@H]1CC3. The van der Waals surface area contributed by atoms with Crippen LogP contribution < -0.4 is 0 Å². The molecule has 5 saturated carbocycles. The van der Waals surface area contributed by atoms with E-state index in [4.69, 9.17) is 4.74 Å². The molecule has 0 amide bonds. The van der Waals surface area contributed by atoms with E-state index in [0.717, 1.165) is 18.3 Å². The molecule has 0 aromatic rings. The molecule has 0 saturated heterocycles. The van der Waals surface area contributed by atoms with Gasteiger partial charge in [0.05, 0.1) is 0 Å². The molecule has 5 fully saturated rings. The van der Waals surface area contributed by atoms with Crippen LogP contribution in [-0.2, 0) is 9.53 Å². The Morgan fingerprint density at radius 1 is 1.14 bits per heavy atom. The number of carbonyl (C=O) groups is 1. The van der Waals surface area contributed by atoms with E-state index in [1.165, 1.54) is 56.9 Å². The second kappa shape index (κ2) is 4.61. The van der Waals surface area contributed by atoms with Crippen LogP contribution in [0.15, 0.2) is 12.2 Å². The van der Waals surface area contributed by atoms with Gasteiger partial charge in [0, 0.05) is 5.92 Å². The fourth-order valence-electron chi connectivity index (χ4n) is 7.42. The summed E-state index contributed by atoms with van der Waals surface area (Å²) in [6.45, 7) is 9.82. The van der Waals surface area contributed by atoms with Crippen LogP contribution in [0.5, 0.6) is 0 Å². The van der Waals surface area contributed by atoms with Gasteiger partial charge in [-0.05, 0) is 87.4 Å². The number of carbonyl (C=O) groups excluding carboxylic acids is 1. The zero-order valence-corrected chi connectivity index (χ0v) is 14.2. The first-order valence-corrected chi connectivity index (χ1v) is 9.23. The molecule has 1 spiro atoms. The fraction of sp³-hybridized carbons (Fsp3) is 0.850. The highest BCUT2D eigenvalue weighted by molar-refractivity contribution is 5.39. The number of allylic oxidation sites excluding steroid dienone is 1. The van der Waals surface area contributed by atoms with Crippen molar-refractivity contribution >= 4 is 6.47 Å². The largest absolute Gasteiger partial charge is 0.461 e. The van der Waals surface area contributed by atoms with Crippen molar-refractivity contribution in [2.24, 2.45) is 28.6 Å². The van der Waals surface area contributed by atoms with Gasteiger partial charge in [0.15, 0.2) is 0 Å². The minimum absolute atomic E-state index is 0.232. The molecule has 0 aliphatic heterocycles.